The summed E-state index contributed by atoms with van der Waals surface area (Å²) in [5, 5.41) is 3.49. The highest BCUT2D eigenvalue weighted by Crippen LogP contribution is 2.22. The van der Waals surface area contributed by atoms with E-state index in [1.54, 1.807) is 6.07 Å². The third-order valence-corrected chi connectivity index (χ3v) is 4.93. The van der Waals surface area contributed by atoms with Crippen LogP contribution in [0.25, 0.3) is 10.9 Å². The monoisotopic (exact) mass is 436 g/mol. The Labute approximate surface area is 186 Å². The molecule has 0 aliphatic heterocycles. The first kappa shape index (κ1) is 22.7. The van der Waals surface area contributed by atoms with E-state index in [9.17, 15) is 9.59 Å². The van der Waals surface area contributed by atoms with Crippen molar-refractivity contribution in [1.29, 1.82) is 0 Å². The maximum absolute atomic E-state index is 12.6. The lowest BCUT2D eigenvalue weighted by molar-refractivity contribution is -0.120. The molecule has 1 heterocycles. The Morgan fingerprint density at radius 3 is 2.56 bits per heavy atom. The van der Waals surface area contributed by atoms with E-state index in [1.165, 1.54) is 5.56 Å². The van der Waals surface area contributed by atoms with Gasteiger partial charge in [-0.1, -0.05) is 30.3 Å². The molecule has 0 saturated carbocycles. The van der Waals surface area contributed by atoms with Crippen LogP contribution in [0.15, 0.2) is 59.6 Å². The van der Waals surface area contributed by atoms with Crippen molar-refractivity contribution < 1.29 is 14.3 Å². The van der Waals surface area contributed by atoms with Gasteiger partial charge >= 0.3 is 0 Å². The second-order valence-electron chi connectivity index (χ2n) is 7.39. The molecule has 9 heteroatoms. The lowest BCUT2D eigenvalue weighted by Crippen LogP contribution is -2.44. The smallest absolute Gasteiger partial charge is 0.268 e. The number of hydrogen-bond donors (Lipinski definition) is 5. The molecule has 0 saturated heterocycles. The van der Waals surface area contributed by atoms with Crippen molar-refractivity contribution in [2.75, 3.05) is 13.2 Å². The molecule has 0 aliphatic carbocycles. The van der Waals surface area contributed by atoms with Gasteiger partial charge in [-0.2, -0.15) is 0 Å². The molecule has 0 spiro atoms. The third-order valence-electron chi connectivity index (χ3n) is 4.93. The molecular formula is C23H28N6O3. The standard InChI is InChI=1S/C23H28N6O3/c24-21(30)19(7-4-11-27-23(25)26)29-22(31)20-14-16-13-17(8-9-18(16)28-20)32-12-10-15-5-2-1-3-6-15/h1-3,5-6,8-9,13-14,19,28H,4,7,10-12H2,(H2,24,30)(H,29,31)(H4,25,26,27)/t19-/m0/s1. The SMILES string of the molecule is NC(=O)[C@H](CCCN=C(N)N)NC(=O)c1cc2cc(OCCc3ccccc3)ccc2[nH]1. The number of ether oxygens (including phenoxy) is 1. The fourth-order valence-corrected chi connectivity index (χ4v) is 3.28. The van der Waals surface area contributed by atoms with E-state index in [0.717, 1.165) is 17.3 Å². The number of benzene rings is 2. The zero-order valence-corrected chi connectivity index (χ0v) is 17.7. The van der Waals surface area contributed by atoms with Gasteiger partial charge in [0, 0.05) is 23.9 Å². The number of aromatic nitrogens is 1. The van der Waals surface area contributed by atoms with Gasteiger partial charge in [-0.05, 0) is 42.7 Å². The molecule has 168 valence electrons. The van der Waals surface area contributed by atoms with Crippen molar-refractivity contribution in [1.82, 2.24) is 10.3 Å². The molecule has 3 aromatic rings. The number of amides is 2. The van der Waals surface area contributed by atoms with Crippen LogP contribution in [0.3, 0.4) is 0 Å². The van der Waals surface area contributed by atoms with Crippen LogP contribution in [0.5, 0.6) is 5.75 Å². The van der Waals surface area contributed by atoms with Crippen LogP contribution < -0.4 is 27.3 Å². The van der Waals surface area contributed by atoms with Crippen molar-refractivity contribution in [2.24, 2.45) is 22.2 Å². The number of H-pyrrole nitrogens is 1. The maximum atomic E-state index is 12.6. The number of nitrogens with two attached hydrogens (primary N) is 3. The van der Waals surface area contributed by atoms with Crippen LogP contribution in [0, 0.1) is 0 Å². The molecule has 0 radical (unpaired) electrons. The van der Waals surface area contributed by atoms with Crippen LogP contribution in [0.4, 0.5) is 0 Å². The Morgan fingerprint density at radius 2 is 1.84 bits per heavy atom. The molecular weight excluding hydrogens is 408 g/mol. The van der Waals surface area contributed by atoms with Crippen LogP contribution in [-0.4, -0.2) is 42.0 Å². The Bertz CT molecular complexity index is 1090. The second kappa shape index (κ2) is 10.9. The van der Waals surface area contributed by atoms with Crippen LogP contribution in [-0.2, 0) is 11.2 Å². The van der Waals surface area contributed by atoms with Gasteiger partial charge in [0.05, 0.1) is 6.61 Å². The number of rotatable bonds is 11. The molecule has 2 amide bonds. The first-order chi connectivity index (χ1) is 15.4. The molecule has 2 aromatic carbocycles. The number of hydrogen-bond acceptors (Lipinski definition) is 4. The normalized spacial score (nSPS) is 11.6. The van der Waals surface area contributed by atoms with Crippen molar-refractivity contribution in [3.05, 3.63) is 65.9 Å². The molecule has 9 nitrogen and oxygen atoms in total. The molecule has 0 unspecified atom stereocenters. The Hall–Kier alpha value is -4.01. The van der Waals surface area contributed by atoms with Gasteiger partial charge in [-0.25, -0.2) is 0 Å². The van der Waals surface area contributed by atoms with Crippen LogP contribution >= 0.6 is 0 Å². The number of primary amides is 1. The summed E-state index contributed by atoms with van der Waals surface area (Å²) < 4.78 is 5.85. The predicted octanol–water partition coefficient (Wildman–Crippen LogP) is 1.43. The summed E-state index contributed by atoms with van der Waals surface area (Å²) in [6.07, 6.45) is 1.64. The Morgan fingerprint density at radius 1 is 1.06 bits per heavy atom. The third kappa shape index (κ3) is 6.49. The highest BCUT2D eigenvalue weighted by molar-refractivity contribution is 6.00. The number of carbonyl (C=O) groups excluding carboxylic acids is 2. The number of carbonyl (C=O) groups is 2. The van der Waals surface area contributed by atoms with E-state index < -0.39 is 17.9 Å². The van der Waals surface area contributed by atoms with Crippen LogP contribution in [0.2, 0.25) is 0 Å². The summed E-state index contributed by atoms with van der Waals surface area (Å²) in [5.41, 5.74) is 18.3. The zero-order chi connectivity index (χ0) is 22.9. The van der Waals surface area contributed by atoms with Gasteiger partial charge in [-0.3, -0.25) is 14.6 Å². The van der Waals surface area contributed by atoms with E-state index in [-0.39, 0.29) is 5.96 Å². The fourth-order valence-electron chi connectivity index (χ4n) is 3.28. The van der Waals surface area contributed by atoms with Crippen molar-refractivity contribution >= 4 is 28.7 Å². The van der Waals surface area contributed by atoms with Gasteiger partial charge in [0.1, 0.15) is 17.5 Å². The van der Waals surface area contributed by atoms with Crippen molar-refractivity contribution in [3.8, 4) is 5.75 Å². The van der Waals surface area contributed by atoms with Crippen molar-refractivity contribution in [3.63, 3.8) is 0 Å². The average molecular weight is 437 g/mol. The lowest BCUT2D eigenvalue weighted by Gasteiger charge is -2.14. The minimum Gasteiger partial charge on any atom is -0.493 e. The van der Waals surface area contributed by atoms with Crippen LogP contribution in [0.1, 0.15) is 28.9 Å². The molecule has 32 heavy (non-hydrogen) atoms. The van der Waals surface area contributed by atoms with Gasteiger partial charge in [0.2, 0.25) is 5.91 Å². The Kier molecular flexibility index (Phi) is 7.69. The van der Waals surface area contributed by atoms with E-state index in [4.69, 9.17) is 21.9 Å². The molecule has 0 bridgehead atoms. The van der Waals surface area contributed by atoms with Crippen molar-refractivity contribution in [2.45, 2.75) is 25.3 Å². The number of nitrogens with zero attached hydrogens (tertiary/aromatic N) is 1. The quantitative estimate of drug-likeness (QED) is 0.174. The van der Waals surface area contributed by atoms with Gasteiger partial charge in [-0.15, -0.1) is 0 Å². The number of aliphatic imine (C=N–C) groups is 1. The number of nitrogens with one attached hydrogen (secondary N) is 2. The molecule has 0 aliphatic rings. The Balaban J connectivity index is 1.59. The van der Waals surface area contributed by atoms with E-state index in [2.05, 4.69) is 27.4 Å². The number of guanidine groups is 1. The predicted molar refractivity (Wildman–Crippen MR) is 124 cm³/mol. The lowest BCUT2D eigenvalue weighted by atomic mass is 10.1. The summed E-state index contributed by atoms with van der Waals surface area (Å²) >= 11 is 0. The van der Waals surface area contributed by atoms with E-state index >= 15 is 0 Å². The first-order valence-electron chi connectivity index (χ1n) is 10.4. The van der Waals surface area contributed by atoms with Gasteiger partial charge in [0.15, 0.2) is 5.96 Å². The maximum Gasteiger partial charge on any atom is 0.268 e. The first-order valence-corrected chi connectivity index (χ1v) is 10.4. The van der Waals surface area contributed by atoms with Gasteiger partial charge < -0.3 is 32.2 Å². The summed E-state index contributed by atoms with van der Waals surface area (Å²) in [6, 6.07) is 16.6. The number of fused-ring (bicyclic) bond motifs is 1. The molecule has 1 aromatic heterocycles. The summed E-state index contributed by atoms with van der Waals surface area (Å²) in [4.78, 5) is 31.3. The highest BCUT2D eigenvalue weighted by atomic mass is 16.5. The molecule has 3 rings (SSSR count). The number of aromatic amines is 1. The summed E-state index contributed by atoms with van der Waals surface area (Å²) in [7, 11) is 0. The van der Waals surface area contributed by atoms with Gasteiger partial charge in [0.25, 0.3) is 5.91 Å². The molecule has 8 N–H and O–H groups in total. The minimum atomic E-state index is -0.819. The molecule has 1 atom stereocenters. The topological polar surface area (TPSA) is 162 Å². The summed E-state index contributed by atoms with van der Waals surface area (Å²) in [6.45, 7) is 0.898. The zero-order valence-electron chi connectivity index (χ0n) is 17.7. The minimum absolute atomic E-state index is 0.0221. The fraction of sp³-hybridized carbons (Fsp3) is 0.261. The van der Waals surface area contributed by atoms with E-state index in [0.29, 0.717) is 37.4 Å². The second-order valence-corrected chi connectivity index (χ2v) is 7.39. The largest absolute Gasteiger partial charge is 0.493 e. The van der Waals surface area contributed by atoms with E-state index in [1.807, 2.05) is 36.4 Å². The average Bonchev–Trinajstić information content (AvgIpc) is 3.20. The molecule has 0 fully saturated rings. The summed E-state index contributed by atoms with van der Waals surface area (Å²) in [5.74, 6) is -0.341. The highest BCUT2D eigenvalue weighted by Gasteiger charge is 2.19.